The molecule has 7 heteroatoms. The Labute approximate surface area is 159 Å². The van der Waals surface area contributed by atoms with Gasteiger partial charge in [-0.1, -0.05) is 18.2 Å². The first-order valence-electron chi connectivity index (χ1n) is 8.19. The Bertz CT molecular complexity index is 961. The van der Waals surface area contributed by atoms with Crippen LogP contribution in [0.25, 0.3) is 10.9 Å². The van der Waals surface area contributed by atoms with Gasteiger partial charge in [0.2, 0.25) is 0 Å². The second-order valence-electron chi connectivity index (χ2n) is 6.07. The Morgan fingerprint density at radius 3 is 2.77 bits per heavy atom. The Kier molecular flexibility index (Phi) is 5.37. The van der Waals surface area contributed by atoms with Crippen molar-refractivity contribution in [1.29, 1.82) is 0 Å². The fourth-order valence-electron chi connectivity index (χ4n) is 2.95. The van der Waals surface area contributed by atoms with E-state index in [0.29, 0.717) is 4.47 Å². The Hall–Kier alpha value is -2.67. The molecule has 4 rings (SSSR count). The Morgan fingerprint density at radius 1 is 1.31 bits per heavy atom. The molecule has 0 amide bonds. The maximum atomic E-state index is 10.3. The second-order valence-corrected chi connectivity index (χ2v) is 6.98. The zero-order valence-corrected chi connectivity index (χ0v) is 15.9. The van der Waals surface area contributed by atoms with Crippen LogP contribution in [0.5, 0.6) is 0 Å². The number of carboxylic acids is 1. The normalized spacial score (nSPS) is 12.9. The van der Waals surface area contributed by atoms with Gasteiger partial charge in [-0.25, -0.2) is 9.78 Å². The lowest BCUT2D eigenvalue weighted by molar-refractivity contribution is 0.0696. The van der Waals surface area contributed by atoms with Crippen molar-refractivity contribution in [3.8, 4) is 0 Å². The number of halogens is 1. The maximum Gasteiger partial charge on any atom is 0.337 e. The largest absolute Gasteiger partial charge is 0.478 e. The van der Waals surface area contributed by atoms with Crippen molar-refractivity contribution in [3.05, 3.63) is 58.3 Å². The van der Waals surface area contributed by atoms with E-state index in [2.05, 4.69) is 32.9 Å². The monoisotopic (exact) mass is 414 g/mol. The summed E-state index contributed by atoms with van der Waals surface area (Å²) in [5.74, 6) is 0.0938. The van der Waals surface area contributed by atoms with Gasteiger partial charge in [-0.05, 0) is 40.9 Å². The van der Waals surface area contributed by atoms with Crippen LogP contribution in [0.4, 0.5) is 11.5 Å². The van der Waals surface area contributed by atoms with E-state index in [1.165, 1.54) is 24.0 Å². The molecule has 2 aromatic heterocycles. The maximum absolute atomic E-state index is 10.3. The average Bonchev–Trinajstić information content (AvgIpc) is 2.63. The molecule has 0 spiro atoms. The predicted molar refractivity (Wildman–Crippen MR) is 107 cm³/mol. The molecular formula is C19H19BrN4O2. The number of aromatic nitrogens is 2. The molecule has 0 atom stereocenters. The Morgan fingerprint density at radius 2 is 2.08 bits per heavy atom. The summed E-state index contributed by atoms with van der Waals surface area (Å²) in [4.78, 5) is 20.9. The Balaban J connectivity index is 0.000000170. The number of pyridine rings is 2. The number of nitrogen functional groups attached to an aromatic ring is 1. The van der Waals surface area contributed by atoms with Crippen LogP contribution in [0.3, 0.4) is 0 Å². The van der Waals surface area contributed by atoms with E-state index in [-0.39, 0.29) is 5.56 Å². The topological polar surface area (TPSA) is 92.3 Å². The summed E-state index contributed by atoms with van der Waals surface area (Å²) in [6, 6.07) is 9.58. The standard InChI is InChI=1S/C13H15N3.C6H4BrNO2/c1-16-8-4-6-10-12(14)9-5-2-3-7-11(9)15-13(10)16;7-5-1-4(6(9)10)2-8-3-5/h2-3,5,7H,4,6,8H2,1H3,(H2,14,15);1-3H,(H,9,10). The van der Waals surface area contributed by atoms with Crippen LogP contribution in [-0.4, -0.2) is 34.6 Å². The third-order valence-electron chi connectivity index (χ3n) is 4.25. The number of para-hydroxylation sites is 1. The molecule has 0 fully saturated rings. The van der Waals surface area contributed by atoms with Crippen molar-refractivity contribution in [2.24, 2.45) is 0 Å². The number of nitrogens with two attached hydrogens (primary N) is 1. The van der Waals surface area contributed by atoms with Gasteiger partial charge in [0.05, 0.1) is 11.1 Å². The first-order chi connectivity index (χ1) is 12.5. The van der Waals surface area contributed by atoms with Gasteiger partial charge in [0.1, 0.15) is 5.82 Å². The molecule has 0 saturated carbocycles. The lowest BCUT2D eigenvalue weighted by Crippen LogP contribution is -2.26. The second kappa shape index (κ2) is 7.70. The molecule has 0 bridgehead atoms. The minimum atomic E-state index is -0.964. The van der Waals surface area contributed by atoms with Crippen molar-refractivity contribution in [1.82, 2.24) is 9.97 Å². The summed E-state index contributed by atoms with van der Waals surface area (Å²) >= 11 is 3.10. The van der Waals surface area contributed by atoms with Crippen LogP contribution in [0, 0.1) is 0 Å². The van der Waals surface area contributed by atoms with E-state index in [1.54, 1.807) is 0 Å². The molecule has 6 nitrogen and oxygen atoms in total. The highest BCUT2D eigenvalue weighted by atomic mass is 79.9. The number of anilines is 2. The summed E-state index contributed by atoms with van der Waals surface area (Å²) in [5, 5.41) is 9.53. The highest BCUT2D eigenvalue weighted by molar-refractivity contribution is 9.10. The highest BCUT2D eigenvalue weighted by Crippen LogP contribution is 2.33. The van der Waals surface area contributed by atoms with Crippen molar-refractivity contribution < 1.29 is 9.90 Å². The van der Waals surface area contributed by atoms with Crippen LogP contribution in [0.15, 0.2) is 47.2 Å². The van der Waals surface area contributed by atoms with Gasteiger partial charge in [0.25, 0.3) is 0 Å². The van der Waals surface area contributed by atoms with Gasteiger partial charge >= 0.3 is 5.97 Å². The molecule has 0 unspecified atom stereocenters. The average molecular weight is 415 g/mol. The van der Waals surface area contributed by atoms with Crippen LogP contribution < -0.4 is 10.6 Å². The minimum absolute atomic E-state index is 0.189. The molecule has 3 heterocycles. The van der Waals surface area contributed by atoms with Gasteiger partial charge in [0.15, 0.2) is 0 Å². The number of aromatic carboxylic acids is 1. The smallest absolute Gasteiger partial charge is 0.337 e. The number of rotatable bonds is 1. The van der Waals surface area contributed by atoms with Gasteiger partial charge < -0.3 is 15.7 Å². The van der Waals surface area contributed by atoms with Crippen LogP contribution in [-0.2, 0) is 6.42 Å². The number of nitrogens with zero attached hydrogens (tertiary/aromatic N) is 3. The molecule has 1 aliphatic rings. The van der Waals surface area contributed by atoms with Crippen molar-refractivity contribution in [2.75, 3.05) is 24.2 Å². The molecular weight excluding hydrogens is 396 g/mol. The minimum Gasteiger partial charge on any atom is -0.478 e. The van der Waals surface area contributed by atoms with E-state index >= 15 is 0 Å². The molecule has 3 aromatic rings. The van der Waals surface area contributed by atoms with Crippen LogP contribution in [0.2, 0.25) is 0 Å². The number of hydrogen-bond donors (Lipinski definition) is 2. The third kappa shape index (κ3) is 3.77. The first kappa shape index (κ1) is 18.1. The molecule has 0 radical (unpaired) electrons. The van der Waals surface area contributed by atoms with E-state index in [1.807, 2.05) is 24.3 Å². The van der Waals surface area contributed by atoms with Crippen LogP contribution in [0.1, 0.15) is 22.3 Å². The molecule has 3 N–H and O–H groups in total. The predicted octanol–water partition coefficient (Wildman–Crippen LogP) is 3.74. The number of hydrogen-bond acceptors (Lipinski definition) is 5. The van der Waals surface area contributed by atoms with Crippen molar-refractivity contribution in [2.45, 2.75) is 12.8 Å². The lowest BCUT2D eigenvalue weighted by atomic mass is 10.0. The van der Waals surface area contributed by atoms with Crippen LogP contribution >= 0.6 is 15.9 Å². The molecule has 134 valence electrons. The van der Waals surface area contributed by atoms with Gasteiger partial charge in [-0.2, -0.15) is 0 Å². The molecule has 0 saturated heterocycles. The molecule has 1 aliphatic heterocycles. The van der Waals surface area contributed by atoms with Gasteiger partial charge in [-0.3, -0.25) is 4.98 Å². The zero-order valence-electron chi connectivity index (χ0n) is 14.3. The summed E-state index contributed by atoms with van der Waals surface area (Å²) < 4.78 is 0.674. The quantitative estimate of drug-likeness (QED) is 0.629. The van der Waals surface area contributed by atoms with Gasteiger partial charge in [-0.15, -0.1) is 0 Å². The van der Waals surface area contributed by atoms with Gasteiger partial charge in [0, 0.05) is 47.1 Å². The van der Waals surface area contributed by atoms with E-state index in [9.17, 15) is 4.79 Å². The summed E-state index contributed by atoms with van der Waals surface area (Å²) in [5.41, 5.74) is 9.54. The molecule has 0 aliphatic carbocycles. The third-order valence-corrected chi connectivity index (χ3v) is 4.68. The fraction of sp³-hybridized carbons (Fsp3) is 0.211. The van der Waals surface area contributed by atoms with Crippen molar-refractivity contribution in [3.63, 3.8) is 0 Å². The SMILES string of the molecule is CN1CCCc2c1nc1ccccc1c2N.O=C(O)c1cncc(Br)c1. The zero-order chi connectivity index (χ0) is 18.7. The van der Waals surface area contributed by atoms with E-state index < -0.39 is 5.97 Å². The lowest BCUT2D eigenvalue weighted by Gasteiger charge is -2.27. The summed E-state index contributed by atoms with van der Waals surface area (Å²) in [6.45, 7) is 1.07. The number of carboxylic acid groups (broad SMARTS) is 1. The number of fused-ring (bicyclic) bond motifs is 2. The fourth-order valence-corrected chi connectivity index (χ4v) is 3.32. The van der Waals surface area contributed by atoms with E-state index in [4.69, 9.17) is 15.8 Å². The van der Waals surface area contributed by atoms with Crippen molar-refractivity contribution >= 4 is 44.3 Å². The number of benzene rings is 1. The summed E-state index contributed by atoms with van der Waals surface area (Å²) in [6.07, 6.45) is 5.04. The summed E-state index contributed by atoms with van der Waals surface area (Å²) in [7, 11) is 2.08. The molecule has 1 aromatic carbocycles. The number of carbonyl (C=O) groups is 1. The molecule has 26 heavy (non-hydrogen) atoms. The van der Waals surface area contributed by atoms with E-state index in [0.717, 1.165) is 41.8 Å². The highest BCUT2D eigenvalue weighted by Gasteiger charge is 2.19. The first-order valence-corrected chi connectivity index (χ1v) is 8.98.